The van der Waals surface area contributed by atoms with Gasteiger partial charge < -0.3 is 10.4 Å². The second kappa shape index (κ2) is 7.05. The van der Waals surface area contributed by atoms with Crippen LogP contribution >= 0.6 is 0 Å². The fraction of sp³-hybridized carbons (Fsp3) is 0.438. The maximum absolute atomic E-state index is 12.1. The normalized spacial score (nSPS) is 20.0. The Labute approximate surface area is 129 Å². The van der Waals surface area contributed by atoms with Crippen molar-refractivity contribution >= 4 is 11.9 Å². The molecule has 1 amide bonds. The Bertz CT molecular complexity index is 603. The van der Waals surface area contributed by atoms with E-state index in [1.807, 2.05) is 17.9 Å². The molecule has 0 spiro atoms. The first kappa shape index (κ1) is 16.0. The number of carbonyl (C=O) groups excluding carboxylic acids is 1. The fourth-order valence-electron chi connectivity index (χ4n) is 2.68. The third-order valence-corrected chi connectivity index (χ3v) is 3.96. The van der Waals surface area contributed by atoms with Gasteiger partial charge in [-0.3, -0.25) is 14.5 Å². The quantitative estimate of drug-likeness (QED) is 0.824. The molecule has 1 aliphatic rings. The number of benzene rings is 1. The first-order valence-electron chi connectivity index (χ1n) is 7.30. The maximum atomic E-state index is 12.1. The molecule has 1 saturated carbocycles. The van der Waals surface area contributed by atoms with Crippen molar-refractivity contribution in [3.63, 3.8) is 0 Å². The summed E-state index contributed by atoms with van der Waals surface area (Å²) in [6.07, 6.45) is 1.51. The van der Waals surface area contributed by atoms with Crippen molar-refractivity contribution in [2.45, 2.75) is 31.8 Å². The molecule has 0 unspecified atom stereocenters. The van der Waals surface area contributed by atoms with Crippen molar-refractivity contribution in [1.29, 1.82) is 5.26 Å². The highest BCUT2D eigenvalue weighted by Crippen LogP contribution is 2.25. The average Bonchev–Trinajstić information content (AvgIpc) is 2.48. The number of carboxylic acid groups (broad SMARTS) is 1. The second-order valence-electron chi connectivity index (χ2n) is 5.45. The Hall–Kier alpha value is -2.39. The Morgan fingerprint density at radius 3 is 2.77 bits per heavy atom. The van der Waals surface area contributed by atoms with Gasteiger partial charge in [0.05, 0.1) is 18.2 Å². The lowest BCUT2D eigenvalue weighted by Crippen LogP contribution is -2.54. The highest BCUT2D eigenvalue weighted by Gasteiger charge is 2.34. The second-order valence-corrected chi connectivity index (χ2v) is 5.45. The van der Waals surface area contributed by atoms with Crippen LogP contribution in [0.5, 0.6) is 0 Å². The molecule has 2 N–H and O–H groups in total. The van der Waals surface area contributed by atoms with Crippen LogP contribution in [0.3, 0.4) is 0 Å². The number of hydrogen-bond donors (Lipinski definition) is 2. The number of nitrogens with one attached hydrogen (secondary N) is 1. The molecular weight excluding hydrogens is 282 g/mol. The first-order chi connectivity index (χ1) is 10.5. The zero-order chi connectivity index (χ0) is 16.1. The number of likely N-dealkylation sites (N-methyl/N-ethyl adjacent to an activating group) is 1. The van der Waals surface area contributed by atoms with Crippen LogP contribution in [0.15, 0.2) is 24.3 Å². The molecule has 0 aromatic heterocycles. The number of hydrogen-bond acceptors (Lipinski definition) is 4. The zero-order valence-electron chi connectivity index (χ0n) is 12.5. The summed E-state index contributed by atoms with van der Waals surface area (Å²) in [6, 6.07) is 8.85. The number of nitriles is 1. The van der Waals surface area contributed by atoms with E-state index in [4.69, 9.17) is 10.4 Å². The molecular formula is C16H19N3O3. The Balaban J connectivity index is 1.85. The lowest BCUT2D eigenvalue weighted by Gasteiger charge is -2.42. The minimum Gasteiger partial charge on any atom is -0.480 e. The van der Waals surface area contributed by atoms with Crippen LogP contribution in [0, 0.1) is 11.3 Å². The van der Waals surface area contributed by atoms with E-state index in [9.17, 15) is 9.59 Å². The van der Waals surface area contributed by atoms with Gasteiger partial charge in [0.25, 0.3) is 5.91 Å². The topological polar surface area (TPSA) is 93.4 Å². The molecule has 0 aliphatic heterocycles. The smallest absolute Gasteiger partial charge is 0.317 e. The summed E-state index contributed by atoms with van der Waals surface area (Å²) in [5.74, 6) is -1.02. The predicted octanol–water partition coefficient (Wildman–Crippen LogP) is 1.23. The van der Waals surface area contributed by atoms with E-state index >= 15 is 0 Å². The van der Waals surface area contributed by atoms with Gasteiger partial charge in [0.15, 0.2) is 0 Å². The molecule has 1 aromatic rings. The molecule has 0 bridgehead atoms. The molecule has 6 nitrogen and oxygen atoms in total. The van der Waals surface area contributed by atoms with Crippen molar-refractivity contribution in [2.75, 3.05) is 13.1 Å². The minimum atomic E-state index is -0.831. The monoisotopic (exact) mass is 301 g/mol. The number of nitrogens with zero attached hydrogens (tertiary/aromatic N) is 2. The van der Waals surface area contributed by atoms with E-state index in [0.717, 1.165) is 12.8 Å². The highest BCUT2D eigenvalue weighted by molar-refractivity contribution is 5.94. The summed E-state index contributed by atoms with van der Waals surface area (Å²) in [5.41, 5.74) is 0.929. The van der Waals surface area contributed by atoms with Gasteiger partial charge >= 0.3 is 5.97 Å². The lowest BCUT2D eigenvalue weighted by molar-refractivity contribution is -0.139. The van der Waals surface area contributed by atoms with Crippen molar-refractivity contribution in [1.82, 2.24) is 10.2 Å². The van der Waals surface area contributed by atoms with E-state index in [-0.39, 0.29) is 24.5 Å². The van der Waals surface area contributed by atoms with E-state index < -0.39 is 5.97 Å². The predicted molar refractivity (Wildman–Crippen MR) is 80.3 cm³/mol. The molecule has 116 valence electrons. The van der Waals surface area contributed by atoms with Gasteiger partial charge in [0.1, 0.15) is 0 Å². The third-order valence-electron chi connectivity index (χ3n) is 3.96. The van der Waals surface area contributed by atoms with Crippen LogP contribution in [0.25, 0.3) is 0 Å². The Morgan fingerprint density at radius 1 is 1.45 bits per heavy atom. The molecule has 6 heteroatoms. The fourth-order valence-corrected chi connectivity index (χ4v) is 2.68. The minimum absolute atomic E-state index is 0.0338. The molecule has 0 radical (unpaired) electrons. The zero-order valence-corrected chi connectivity index (χ0v) is 12.5. The average molecular weight is 301 g/mol. The summed E-state index contributed by atoms with van der Waals surface area (Å²) in [7, 11) is 0. The van der Waals surface area contributed by atoms with Crippen LogP contribution in [-0.2, 0) is 4.79 Å². The standard InChI is InChI=1S/C16H19N3O3/c1-2-19(10-15(20)21)14-7-13(8-14)18-16(22)12-5-3-4-11(6-12)9-17/h3-6,13-14H,2,7-8,10H2,1H3,(H,18,22)(H,20,21). The molecule has 2 rings (SSSR count). The van der Waals surface area contributed by atoms with Gasteiger partial charge in [-0.25, -0.2) is 0 Å². The summed E-state index contributed by atoms with van der Waals surface area (Å²) in [4.78, 5) is 24.8. The number of carboxylic acids is 1. The molecule has 1 fully saturated rings. The van der Waals surface area contributed by atoms with Gasteiger partial charge in [0.2, 0.25) is 0 Å². The van der Waals surface area contributed by atoms with E-state index in [1.165, 1.54) is 0 Å². The van der Waals surface area contributed by atoms with Gasteiger partial charge in [-0.1, -0.05) is 13.0 Å². The summed E-state index contributed by atoms with van der Waals surface area (Å²) >= 11 is 0. The molecule has 1 aliphatic carbocycles. The molecule has 1 aromatic carbocycles. The van der Waals surface area contributed by atoms with Crippen LogP contribution in [0.2, 0.25) is 0 Å². The largest absolute Gasteiger partial charge is 0.480 e. The van der Waals surface area contributed by atoms with Gasteiger partial charge in [0, 0.05) is 17.6 Å². The number of rotatable bonds is 6. The molecule has 22 heavy (non-hydrogen) atoms. The molecule has 0 atom stereocenters. The van der Waals surface area contributed by atoms with Crippen molar-refractivity contribution in [2.24, 2.45) is 0 Å². The van der Waals surface area contributed by atoms with Gasteiger partial charge in [-0.05, 0) is 37.6 Å². The van der Waals surface area contributed by atoms with Crippen molar-refractivity contribution in [3.05, 3.63) is 35.4 Å². The SMILES string of the molecule is CCN(CC(=O)O)C1CC(NC(=O)c2cccc(C#N)c2)C1. The van der Waals surface area contributed by atoms with Crippen LogP contribution in [0.1, 0.15) is 35.7 Å². The number of aliphatic carboxylic acids is 1. The number of carbonyl (C=O) groups is 2. The highest BCUT2D eigenvalue weighted by atomic mass is 16.4. The van der Waals surface area contributed by atoms with Crippen molar-refractivity contribution in [3.8, 4) is 6.07 Å². The van der Waals surface area contributed by atoms with Crippen molar-refractivity contribution < 1.29 is 14.7 Å². The summed E-state index contributed by atoms with van der Waals surface area (Å²) < 4.78 is 0. The van der Waals surface area contributed by atoms with Crippen LogP contribution < -0.4 is 5.32 Å². The van der Waals surface area contributed by atoms with Crippen LogP contribution in [-0.4, -0.2) is 47.1 Å². The summed E-state index contributed by atoms with van der Waals surface area (Å²) in [6.45, 7) is 2.65. The van der Waals surface area contributed by atoms with E-state index in [1.54, 1.807) is 24.3 Å². The first-order valence-corrected chi connectivity index (χ1v) is 7.30. The van der Waals surface area contributed by atoms with Gasteiger partial charge in [-0.15, -0.1) is 0 Å². The molecule has 0 heterocycles. The maximum Gasteiger partial charge on any atom is 0.317 e. The molecule has 0 saturated heterocycles. The summed E-state index contributed by atoms with van der Waals surface area (Å²) in [5, 5.41) is 20.6. The van der Waals surface area contributed by atoms with Crippen LogP contribution in [0.4, 0.5) is 0 Å². The lowest BCUT2D eigenvalue weighted by atomic mass is 9.85. The Morgan fingerprint density at radius 2 is 2.18 bits per heavy atom. The number of amides is 1. The Kier molecular flexibility index (Phi) is 5.12. The third kappa shape index (κ3) is 3.83. The van der Waals surface area contributed by atoms with E-state index in [0.29, 0.717) is 17.7 Å². The van der Waals surface area contributed by atoms with Gasteiger partial charge in [-0.2, -0.15) is 5.26 Å². The van der Waals surface area contributed by atoms with E-state index in [2.05, 4.69) is 5.32 Å².